The highest BCUT2D eigenvalue weighted by molar-refractivity contribution is 6.15. The Balaban J connectivity index is 0.000000304. The predicted molar refractivity (Wildman–Crippen MR) is 287 cm³/mol. The normalized spacial score (nSPS) is 26.4. The van der Waals surface area contributed by atoms with E-state index in [-0.39, 0.29) is 36.5 Å². The van der Waals surface area contributed by atoms with Crippen molar-refractivity contribution in [2.75, 3.05) is 112 Å². The molecule has 4 fully saturated rings. The number of nitrogen functional groups attached to an aromatic ring is 2. The Hall–Kier alpha value is -7.13. The second-order valence-corrected chi connectivity index (χ2v) is 18.0. The van der Waals surface area contributed by atoms with Crippen LogP contribution in [0.2, 0.25) is 0 Å². The molecule has 0 saturated carbocycles. The van der Waals surface area contributed by atoms with Crippen molar-refractivity contribution in [2.45, 2.75) is 97.4 Å². The van der Waals surface area contributed by atoms with E-state index in [1.807, 2.05) is 0 Å². The average Bonchev–Trinajstić information content (AvgIpc) is 1.71. The molecule has 0 bridgehead atoms. The molecule has 33 nitrogen and oxygen atoms in total. The number of aromatic nitrogens is 8. The lowest BCUT2D eigenvalue weighted by Crippen LogP contribution is -2.43. The molecule has 502 valence electrons. The number of aliphatic hydroxyl groups excluding tert-OH is 4. The predicted octanol–water partition coefficient (Wildman–Crippen LogP) is -0.228. The maximum absolute atomic E-state index is 14.5. The van der Waals surface area contributed by atoms with Gasteiger partial charge in [-0.05, 0) is 24.3 Å². The van der Waals surface area contributed by atoms with E-state index in [1.165, 1.54) is 32.7 Å². The van der Waals surface area contributed by atoms with Gasteiger partial charge in [0.25, 0.3) is 0 Å². The number of amides is 2. The van der Waals surface area contributed by atoms with Gasteiger partial charge in [0, 0.05) is 73.8 Å². The third-order valence-corrected chi connectivity index (χ3v) is 12.2. The number of rotatable bonds is 14. The van der Waals surface area contributed by atoms with Crippen LogP contribution in [0.4, 0.5) is 68.0 Å². The fraction of sp³-hybridized carbons (Fsp3) is 0.617. The molecule has 12 atom stereocenters. The van der Waals surface area contributed by atoms with Crippen LogP contribution in [0.3, 0.4) is 0 Å². The van der Waals surface area contributed by atoms with E-state index in [9.17, 15) is 74.1 Å². The van der Waals surface area contributed by atoms with E-state index in [0.717, 1.165) is 65.4 Å². The monoisotopic (exact) mass is 1320 g/mol. The van der Waals surface area contributed by atoms with Crippen molar-refractivity contribution in [3.8, 4) is 0 Å². The maximum Gasteiger partial charge on any atom is 0.412 e. The van der Waals surface area contributed by atoms with E-state index < -0.39 is 146 Å². The molecule has 0 aliphatic carbocycles. The van der Waals surface area contributed by atoms with Gasteiger partial charge in [-0.15, -0.1) is 11.6 Å². The van der Waals surface area contributed by atoms with Gasteiger partial charge < -0.3 is 84.0 Å². The van der Waals surface area contributed by atoms with Crippen molar-refractivity contribution in [3.63, 3.8) is 0 Å². The van der Waals surface area contributed by atoms with Gasteiger partial charge >= 0.3 is 58.6 Å². The summed E-state index contributed by atoms with van der Waals surface area (Å²) in [6, 6.07) is 4.64. The van der Waals surface area contributed by atoms with Crippen LogP contribution in [-0.2, 0) is 52.1 Å². The highest BCUT2D eigenvalue weighted by Crippen LogP contribution is 2.46. The zero-order valence-corrected chi connectivity index (χ0v) is 49.0. The molecule has 4 aliphatic heterocycles. The fourth-order valence-corrected chi connectivity index (χ4v) is 8.21. The molecule has 4 aliphatic rings. The first-order valence-electron chi connectivity index (χ1n) is 25.0. The number of anilines is 4. The van der Waals surface area contributed by atoms with Crippen LogP contribution in [-0.4, -0.2) is 233 Å². The second kappa shape index (κ2) is 33.6. The van der Waals surface area contributed by atoms with Gasteiger partial charge in [0.1, 0.15) is 47.7 Å². The summed E-state index contributed by atoms with van der Waals surface area (Å²) < 4.78 is 167. The van der Waals surface area contributed by atoms with Crippen molar-refractivity contribution >= 4 is 47.1 Å². The molecule has 10 N–H and O–H groups in total. The third-order valence-electron chi connectivity index (χ3n) is 12.2. The number of hydrogen-bond acceptors (Lipinski definition) is 27. The molecular formula is C47H65ClF8N12O21. The van der Waals surface area contributed by atoms with E-state index in [4.69, 9.17) is 59.6 Å². The molecular weight excluding hydrogens is 1260 g/mol. The summed E-state index contributed by atoms with van der Waals surface area (Å²) in [6.07, 6.45) is -16.6. The molecule has 0 aromatic carbocycles. The smallest absolute Gasteiger partial charge is 0.412 e. The maximum atomic E-state index is 14.5. The highest BCUT2D eigenvalue weighted by Gasteiger charge is 2.63. The molecule has 8 heterocycles. The second-order valence-electron chi connectivity index (χ2n) is 18.0. The lowest BCUT2D eigenvalue weighted by Gasteiger charge is -2.23. The van der Waals surface area contributed by atoms with Crippen LogP contribution < -0.4 is 44.9 Å². The zero-order valence-electron chi connectivity index (χ0n) is 48.2. The summed E-state index contributed by atoms with van der Waals surface area (Å²) in [4.78, 5) is 82.5. The van der Waals surface area contributed by atoms with E-state index in [0.29, 0.717) is 18.3 Å². The number of nitrogens with zero attached hydrogens (tertiary/aromatic N) is 8. The van der Waals surface area contributed by atoms with Gasteiger partial charge in [0.2, 0.25) is 24.9 Å². The number of methoxy groups -OCH3 is 7. The molecule has 0 radical (unpaired) electrons. The van der Waals surface area contributed by atoms with Crippen LogP contribution in [0, 0.1) is 0 Å². The van der Waals surface area contributed by atoms with Crippen LogP contribution >= 0.6 is 11.6 Å². The number of alkyl halides is 9. The van der Waals surface area contributed by atoms with Gasteiger partial charge in [-0.1, -0.05) is 0 Å². The first-order valence-corrected chi connectivity index (χ1v) is 25.7. The Morgan fingerprint density at radius 1 is 0.517 bits per heavy atom. The minimum atomic E-state index is -3.80. The van der Waals surface area contributed by atoms with Gasteiger partial charge in [-0.2, -0.15) is 55.1 Å². The van der Waals surface area contributed by atoms with Crippen molar-refractivity contribution in [1.82, 2.24) is 38.2 Å². The summed E-state index contributed by atoms with van der Waals surface area (Å²) in [5.41, 5.74) is 6.46. The van der Waals surface area contributed by atoms with Gasteiger partial charge in [-0.25, -0.2) is 28.8 Å². The fourth-order valence-electron chi connectivity index (χ4n) is 8.21. The minimum Gasteiger partial charge on any atom is -0.453 e. The summed E-state index contributed by atoms with van der Waals surface area (Å²) in [5, 5.41) is 40.7. The Kier molecular flexibility index (Phi) is 28.8. The quantitative estimate of drug-likeness (QED) is 0.0597. The molecule has 0 spiro atoms. The number of nitrogens with one attached hydrogen (secondary N) is 2. The first-order chi connectivity index (χ1) is 41.9. The van der Waals surface area contributed by atoms with E-state index in [2.05, 4.69) is 56.4 Å². The molecule has 89 heavy (non-hydrogen) atoms. The van der Waals surface area contributed by atoms with Crippen LogP contribution in [0.5, 0.6) is 0 Å². The van der Waals surface area contributed by atoms with Crippen LogP contribution in [0.15, 0.2) is 68.2 Å². The topological polar surface area (TPSA) is 432 Å². The number of carbonyl (C=O) groups is 2. The Labute approximate surface area is 501 Å². The Bertz CT molecular complexity index is 3160. The lowest BCUT2D eigenvalue weighted by atomic mass is 10.1. The summed E-state index contributed by atoms with van der Waals surface area (Å²) in [5.74, 6) is -14.9. The number of halogens is 9. The molecule has 0 unspecified atom stereocenters. The zero-order chi connectivity index (χ0) is 67.5. The molecule has 4 aromatic rings. The van der Waals surface area contributed by atoms with Crippen molar-refractivity contribution in [2.24, 2.45) is 0 Å². The standard InChI is InChI=1S/C13H17F2N3O6.C11H13F2N3O6.C11H15F2N3O4.C9H11F2N3O4.C2H6O.CH3Cl/c1-21-6-7-9(22-2)13(14,15)10(24-7)18-5-4-8(16-11(18)19)17-12(20)23-3;1-21-10(20)15-6-2-3-16(9(19)14-6)8-11(12,13)7(18)5(4-17)22-8;1-18-5-6-8(19-2)11(12,13)9(20-6)16-4-3-7(14)15-10(16)17;10-9(11)6(16)4(3-15)18-7(9)14-2-1-5(12)13-8(14)17;1-3-2;1-2/h4-5,7,9-10H,6H2,1-3H3,(H,16,17,19,20);2-3,5,7-8,17-18H,4H2,1H3,(H,14,15,19,20);3-4,6,8-9H,5H2,1-2H3,(H2,14,15,17);1-2,4,6-7,15-16H,3H2,(H2,12,13,17);1-2H3;1H3/t7-,9+,10-;5-,7+,8-;6-,8+,9-;4-,6+,7-;;/m1111../s1. The number of aliphatic hydroxyl groups is 4. The number of carbonyl (C=O) groups excluding carboxylic acids is 2. The first kappa shape index (κ1) is 76.1. The highest BCUT2D eigenvalue weighted by atomic mass is 35.5. The third kappa shape index (κ3) is 18.1. The largest absolute Gasteiger partial charge is 0.453 e. The average molecular weight is 1320 g/mol. The number of hydrogen-bond donors (Lipinski definition) is 8. The summed E-state index contributed by atoms with van der Waals surface area (Å²) in [7, 11) is 10.4. The van der Waals surface area contributed by atoms with Crippen molar-refractivity contribution in [3.05, 3.63) is 91.0 Å². The molecule has 4 saturated heterocycles. The van der Waals surface area contributed by atoms with Crippen molar-refractivity contribution in [1.29, 1.82) is 0 Å². The molecule has 4 aromatic heterocycles. The van der Waals surface area contributed by atoms with E-state index in [1.54, 1.807) is 14.2 Å². The summed E-state index contributed by atoms with van der Waals surface area (Å²) in [6.45, 7) is -1.83. The van der Waals surface area contributed by atoms with Gasteiger partial charge in [0.05, 0.1) is 40.6 Å². The number of nitrogens with two attached hydrogens (primary N) is 2. The Morgan fingerprint density at radius 2 is 0.787 bits per heavy atom. The molecule has 42 heteroatoms. The van der Waals surface area contributed by atoms with Crippen molar-refractivity contribution < 1.29 is 117 Å². The summed E-state index contributed by atoms with van der Waals surface area (Å²) >= 11 is 4.64. The van der Waals surface area contributed by atoms with Gasteiger partial charge in [0.15, 0.2) is 24.4 Å². The molecule has 8 rings (SSSR count). The van der Waals surface area contributed by atoms with E-state index >= 15 is 0 Å². The lowest BCUT2D eigenvalue weighted by molar-refractivity contribution is -0.147. The van der Waals surface area contributed by atoms with Gasteiger partial charge in [-0.3, -0.25) is 28.9 Å². The Morgan fingerprint density at radius 3 is 1.02 bits per heavy atom. The van der Waals surface area contributed by atoms with Crippen LogP contribution in [0.1, 0.15) is 24.9 Å². The van der Waals surface area contributed by atoms with Crippen LogP contribution in [0.25, 0.3) is 0 Å². The minimum absolute atomic E-state index is 0.0516. The molecule has 2 amide bonds. The number of ether oxygens (including phenoxy) is 11. The SMILES string of the molecule is CCl.COC.COC(=O)Nc1ccn([C@@H]2O[C@H](CO)[C@H](O)C2(F)F)c(=O)n1.COC[C@H]1O[C@@H](n2ccc(N)nc2=O)C(F)(F)[C@H]1OC.COC[C@H]1O[C@@H](n2ccc(NC(=O)OC)nc2=O)C(F)(F)[C@H]1OC.Nc1ccn([C@@H]2O[C@H](CO)[C@H](O)C2(F)F)c(=O)n1.